The zero-order valence-electron chi connectivity index (χ0n) is 21.9. The maximum Gasteiger partial charge on any atom is 0.201 e. The van der Waals surface area contributed by atoms with Crippen LogP contribution in [-0.2, 0) is 5.41 Å². The van der Waals surface area contributed by atoms with Gasteiger partial charge in [0.15, 0.2) is 11.6 Å². The summed E-state index contributed by atoms with van der Waals surface area (Å²) in [5.41, 5.74) is 4.73. The van der Waals surface area contributed by atoms with Crippen LogP contribution in [0.1, 0.15) is 50.7 Å². The molecule has 4 aromatic rings. The molecule has 1 aliphatic heterocycles. The Morgan fingerprint density at radius 3 is 2.39 bits per heavy atom. The summed E-state index contributed by atoms with van der Waals surface area (Å²) in [5, 5.41) is 12.7. The third-order valence-corrected chi connectivity index (χ3v) is 8.15. The van der Waals surface area contributed by atoms with Crippen LogP contribution in [-0.4, -0.2) is 40.5 Å². The number of fused-ring (bicyclic) bond motifs is 1. The van der Waals surface area contributed by atoms with Gasteiger partial charge in [-0.3, -0.25) is 0 Å². The average Bonchev–Trinajstić information content (AvgIpc) is 3.35. The topological polar surface area (TPSA) is 67.7 Å². The van der Waals surface area contributed by atoms with Crippen LogP contribution in [0.5, 0.6) is 0 Å². The van der Waals surface area contributed by atoms with Crippen molar-refractivity contribution in [1.82, 2.24) is 14.9 Å². The van der Waals surface area contributed by atoms with Gasteiger partial charge in [0.2, 0.25) is 5.95 Å². The quantitative estimate of drug-likeness (QED) is 0.266. The van der Waals surface area contributed by atoms with Gasteiger partial charge in [-0.05, 0) is 67.6 Å². The Morgan fingerprint density at radius 2 is 1.71 bits per heavy atom. The summed E-state index contributed by atoms with van der Waals surface area (Å²) >= 11 is 0. The number of H-pyrrole nitrogens is 1. The Kier molecular flexibility index (Phi) is 7.44. The molecule has 2 N–H and O–H groups in total. The SMILES string of the molecule is CCC(CC)N1CCC(CNc2nc3cc(F)c(F)cc3[nH]2)(c2ccc(-c3cccc(C#N)c3)cc2)CC1. The fourth-order valence-electron chi connectivity index (χ4n) is 5.82. The van der Waals surface area contributed by atoms with E-state index in [1.165, 1.54) is 5.56 Å². The zero-order chi connectivity index (χ0) is 26.7. The molecule has 0 unspecified atom stereocenters. The van der Waals surface area contributed by atoms with Crippen LogP contribution in [0.4, 0.5) is 14.7 Å². The first-order valence-electron chi connectivity index (χ1n) is 13.4. The number of aromatic amines is 1. The van der Waals surface area contributed by atoms with E-state index in [2.05, 4.69) is 64.4 Å². The van der Waals surface area contributed by atoms with Crippen LogP contribution in [0.3, 0.4) is 0 Å². The Balaban J connectivity index is 1.42. The number of halogens is 2. The van der Waals surface area contributed by atoms with E-state index in [0.29, 0.717) is 35.1 Å². The molecule has 0 spiro atoms. The molecule has 5 rings (SSSR count). The fourth-order valence-corrected chi connectivity index (χ4v) is 5.82. The molecule has 2 heterocycles. The molecule has 0 amide bonds. The first-order valence-corrected chi connectivity index (χ1v) is 13.4. The van der Waals surface area contributed by atoms with E-state index in [4.69, 9.17) is 0 Å². The molecule has 0 saturated carbocycles. The van der Waals surface area contributed by atoms with Crippen LogP contribution in [0.25, 0.3) is 22.2 Å². The molecule has 1 aromatic heterocycles. The maximum atomic E-state index is 13.7. The van der Waals surface area contributed by atoms with Crippen LogP contribution in [0.15, 0.2) is 60.7 Å². The summed E-state index contributed by atoms with van der Waals surface area (Å²) in [4.78, 5) is 10.2. The van der Waals surface area contributed by atoms with Crippen molar-refractivity contribution in [2.75, 3.05) is 25.0 Å². The Morgan fingerprint density at radius 1 is 1.00 bits per heavy atom. The number of nitrogens with one attached hydrogen (secondary N) is 2. The Hall–Kier alpha value is -3.76. The van der Waals surface area contributed by atoms with Gasteiger partial charge >= 0.3 is 0 Å². The van der Waals surface area contributed by atoms with Crippen LogP contribution in [0.2, 0.25) is 0 Å². The molecular weight excluding hydrogens is 480 g/mol. The molecule has 38 heavy (non-hydrogen) atoms. The Bertz CT molecular complexity index is 1400. The van der Waals surface area contributed by atoms with Crippen molar-refractivity contribution in [1.29, 1.82) is 5.26 Å². The zero-order valence-corrected chi connectivity index (χ0v) is 21.9. The minimum atomic E-state index is -0.902. The monoisotopic (exact) mass is 513 g/mol. The molecule has 5 nitrogen and oxygen atoms in total. The summed E-state index contributed by atoms with van der Waals surface area (Å²) in [5.74, 6) is -1.28. The summed E-state index contributed by atoms with van der Waals surface area (Å²) in [6.45, 7) is 7.18. The van der Waals surface area contributed by atoms with Gasteiger partial charge in [-0.25, -0.2) is 13.8 Å². The molecular formula is C31H33F2N5. The van der Waals surface area contributed by atoms with E-state index in [-0.39, 0.29) is 5.41 Å². The van der Waals surface area contributed by atoms with Gasteiger partial charge in [0.25, 0.3) is 0 Å². The number of rotatable bonds is 8. The molecule has 1 fully saturated rings. The predicted octanol–water partition coefficient (Wildman–Crippen LogP) is 7.01. The highest BCUT2D eigenvalue weighted by Gasteiger charge is 2.37. The number of hydrogen-bond donors (Lipinski definition) is 2. The summed E-state index contributed by atoms with van der Waals surface area (Å²) in [6, 6.07) is 21.4. The number of aromatic nitrogens is 2. The first kappa shape index (κ1) is 25.9. The molecule has 0 radical (unpaired) electrons. The van der Waals surface area contributed by atoms with E-state index < -0.39 is 11.6 Å². The lowest BCUT2D eigenvalue weighted by molar-refractivity contribution is 0.113. The second kappa shape index (κ2) is 10.9. The smallest absolute Gasteiger partial charge is 0.201 e. The predicted molar refractivity (Wildman–Crippen MR) is 148 cm³/mol. The van der Waals surface area contributed by atoms with Gasteiger partial charge in [0, 0.05) is 30.1 Å². The molecule has 0 atom stereocenters. The second-order valence-electron chi connectivity index (χ2n) is 10.3. The van der Waals surface area contributed by atoms with Crippen molar-refractivity contribution in [2.24, 2.45) is 0 Å². The largest absolute Gasteiger partial charge is 0.355 e. The lowest BCUT2D eigenvalue weighted by Crippen LogP contribution is -2.49. The lowest BCUT2D eigenvalue weighted by Gasteiger charge is -2.45. The molecule has 1 aliphatic rings. The molecule has 1 saturated heterocycles. The van der Waals surface area contributed by atoms with Gasteiger partial charge in [-0.1, -0.05) is 50.2 Å². The van der Waals surface area contributed by atoms with Gasteiger partial charge in [0.1, 0.15) is 0 Å². The summed E-state index contributed by atoms with van der Waals surface area (Å²) in [6.07, 6.45) is 4.27. The van der Waals surface area contributed by atoms with Crippen molar-refractivity contribution in [3.63, 3.8) is 0 Å². The minimum absolute atomic E-state index is 0.120. The van der Waals surface area contributed by atoms with Crippen molar-refractivity contribution in [3.05, 3.63) is 83.4 Å². The lowest BCUT2D eigenvalue weighted by atomic mass is 9.72. The number of benzene rings is 3. The third kappa shape index (κ3) is 5.14. The fraction of sp³-hybridized carbons (Fsp3) is 0.355. The second-order valence-corrected chi connectivity index (χ2v) is 10.3. The van der Waals surface area contributed by atoms with Gasteiger partial charge < -0.3 is 15.2 Å². The number of likely N-dealkylation sites (tertiary alicyclic amines) is 1. The molecule has 196 valence electrons. The number of nitriles is 1. The number of imidazole rings is 1. The minimum Gasteiger partial charge on any atom is -0.355 e. The van der Waals surface area contributed by atoms with Gasteiger partial charge in [-0.2, -0.15) is 5.26 Å². The number of nitrogens with zero attached hydrogens (tertiary/aromatic N) is 3. The summed E-state index contributed by atoms with van der Waals surface area (Å²) < 4.78 is 27.4. The third-order valence-electron chi connectivity index (χ3n) is 8.15. The number of piperidine rings is 1. The normalized spacial score (nSPS) is 15.6. The van der Waals surface area contributed by atoms with Crippen molar-refractivity contribution in [2.45, 2.75) is 51.0 Å². The Labute approximate surface area is 222 Å². The molecule has 7 heteroatoms. The number of anilines is 1. The van der Waals surface area contributed by atoms with E-state index in [9.17, 15) is 14.0 Å². The molecule has 0 bridgehead atoms. The van der Waals surface area contributed by atoms with E-state index >= 15 is 0 Å². The van der Waals surface area contributed by atoms with Gasteiger partial charge in [-0.15, -0.1) is 0 Å². The highest BCUT2D eigenvalue weighted by atomic mass is 19.2. The average molecular weight is 514 g/mol. The van der Waals surface area contributed by atoms with E-state index in [1.807, 2.05) is 24.3 Å². The van der Waals surface area contributed by atoms with Crippen molar-refractivity contribution >= 4 is 17.0 Å². The molecule has 0 aliphatic carbocycles. The summed E-state index contributed by atoms with van der Waals surface area (Å²) in [7, 11) is 0. The van der Waals surface area contributed by atoms with Gasteiger partial charge in [0.05, 0.1) is 22.7 Å². The highest BCUT2D eigenvalue weighted by Crippen LogP contribution is 2.38. The van der Waals surface area contributed by atoms with Crippen LogP contribution < -0.4 is 5.32 Å². The molecule has 3 aromatic carbocycles. The van der Waals surface area contributed by atoms with Crippen molar-refractivity contribution < 1.29 is 8.78 Å². The standard InChI is InChI=1S/C31H33F2N5/c1-3-25(4-2)38-14-12-31(13-15-38,20-35-30-36-28-17-26(32)27(33)18-29(28)37-30)24-10-8-22(9-11-24)23-7-5-6-21(16-23)19-34/h5-11,16-18,25H,3-4,12-15,20H2,1-2H3,(H2,35,36,37). The number of hydrogen-bond acceptors (Lipinski definition) is 4. The van der Waals surface area contributed by atoms with E-state index in [0.717, 1.165) is 62.0 Å². The van der Waals surface area contributed by atoms with Crippen LogP contribution >= 0.6 is 0 Å². The van der Waals surface area contributed by atoms with Crippen molar-refractivity contribution in [3.8, 4) is 17.2 Å². The highest BCUT2D eigenvalue weighted by molar-refractivity contribution is 5.77. The maximum absolute atomic E-state index is 13.7. The van der Waals surface area contributed by atoms with Crippen LogP contribution in [0, 0.1) is 23.0 Å². The first-order chi connectivity index (χ1) is 18.4. The van der Waals surface area contributed by atoms with E-state index in [1.54, 1.807) is 0 Å².